The molecule has 3 nitrogen and oxygen atoms in total. The van der Waals surface area contributed by atoms with Crippen molar-refractivity contribution in [2.45, 2.75) is 6.42 Å². The number of carbonyl (C=O) groups is 1. The van der Waals surface area contributed by atoms with Gasteiger partial charge in [-0.15, -0.1) is 0 Å². The van der Waals surface area contributed by atoms with Gasteiger partial charge < -0.3 is 10.1 Å². The summed E-state index contributed by atoms with van der Waals surface area (Å²) >= 11 is 3.45. The lowest BCUT2D eigenvalue weighted by atomic mass is 10.1. The van der Waals surface area contributed by atoms with Crippen molar-refractivity contribution in [1.82, 2.24) is 5.32 Å². The van der Waals surface area contributed by atoms with Crippen molar-refractivity contribution in [3.63, 3.8) is 0 Å². The molecule has 2 aromatic carbocycles. The third-order valence-electron chi connectivity index (χ3n) is 3.64. The first kappa shape index (κ1) is 13.6. The SMILES string of the molecule is O=C(NCC1CCOC1)c1ccc2cc(Br)ccc2c1. The Morgan fingerprint density at radius 3 is 2.85 bits per heavy atom. The van der Waals surface area contributed by atoms with Crippen LogP contribution in [0.1, 0.15) is 16.8 Å². The van der Waals surface area contributed by atoms with E-state index in [1.807, 2.05) is 36.4 Å². The van der Waals surface area contributed by atoms with Gasteiger partial charge in [0.1, 0.15) is 0 Å². The van der Waals surface area contributed by atoms with Crippen molar-refractivity contribution in [1.29, 1.82) is 0 Å². The van der Waals surface area contributed by atoms with Crippen LogP contribution in [0.2, 0.25) is 0 Å². The average molecular weight is 334 g/mol. The van der Waals surface area contributed by atoms with E-state index >= 15 is 0 Å². The van der Waals surface area contributed by atoms with Gasteiger partial charge in [-0.3, -0.25) is 4.79 Å². The zero-order chi connectivity index (χ0) is 13.9. The predicted molar refractivity (Wildman–Crippen MR) is 82.9 cm³/mol. The van der Waals surface area contributed by atoms with Crippen LogP contribution in [-0.2, 0) is 4.74 Å². The molecule has 0 saturated carbocycles. The molecule has 1 aliphatic heterocycles. The van der Waals surface area contributed by atoms with E-state index < -0.39 is 0 Å². The van der Waals surface area contributed by atoms with Crippen LogP contribution in [0.15, 0.2) is 40.9 Å². The molecule has 104 valence electrons. The van der Waals surface area contributed by atoms with E-state index in [0.29, 0.717) is 18.0 Å². The summed E-state index contributed by atoms with van der Waals surface area (Å²) < 4.78 is 6.35. The fraction of sp³-hybridized carbons (Fsp3) is 0.312. The molecule has 1 saturated heterocycles. The predicted octanol–water partition coefficient (Wildman–Crippen LogP) is 3.37. The number of fused-ring (bicyclic) bond motifs is 1. The lowest BCUT2D eigenvalue weighted by Crippen LogP contribution is -2.29. The largest absolute Gasteiger partial charge is 0.381 e. The Hall–Kier alpha value is -1.39. The Morgan fingerprint density at radius 1 is 1.25 bits per heavy atom. The summed E-state index contributed by atoms with van der Waals surface area (Å²) in [5.74, 6) is 0.442. The molecule has 4 heteroatoms. The number of hydrogen-bond acceptors (Lipinski definition) is 2. The van der Waals surface area contributed by atoms with Gasteiger partial charge in [-0.05, 0) is 41.5 Å². The average Bonchev–Trinajstić information content (AvgIpc) is 2.97. The van der Waals surface area contributed by atoms with E-state index in [1.165, 1.54) is 0 Å². The van der Waals surface area contributed by atoms with Crippen molar-refractivity contribution in [2.75, 3.05) is 19.8 Å². The van der Waals surface area contributed by atoms with Crippen LogP contribution in [0.25, 0.3) is 10.8 Å². The highest BCUT2D eigenvalue weighted by atomic mass is 79.9. The molecule has 0 radical (unpaired) electrons. The quantitative estimate of drug-likeness (QED) is 0.935. The molecule has 0 spiro atoms. The van der Waals surface area contributed by atoms with Gasteiger partial charge in [0, 0.05) is 29.1 Å². The molecule has 1 amide bonds. The second kappa shape index (κ2) is 5.94. The second-order valence-electron chi connectivity index (χ2n) is 5.15. The molecule has 0 aromatic heterocycles. The van der Waals surface area contributed by atoms with Crippen LogP contribution < -0.4 is 5.32 Å². The van der Waals surface area contributed by atoms with E-state index in [-0.39, 0.29) is 5.91 Å². The third-order valence-corrected chi connectivity index (χ3v) is 4.13. The molecule has 3 rings (SSSR count). The van der Waals surface area contributed by atoms with E-state index in [2.05, 4.69) is 21.2 Å². The summed E-state index contributed by atoms with van der Waals surface area (Å²) in [6.45, 7) is 2.26. The van der Waals surface area contributed by atoms with Crippen LogP contribution in [-0.4, -0.2) is 25.7 Å². The van der Waals surface area contributed by atoms with Crippen molar-refractivity contribution >= 4 is 32.6 Å². The molecular weight excluding hydrogens is 318 g/mol. The monoisotopic (exact) mass is 333 g/mol. The third kappa shape index (κ3) is 3.02. The number of amides is 1. The summed E-state index contributed by atoms with van der Waals surface area (Å²) in [7, 11) is 0. The van der Waals surface area contributed by atoms with Gasteiger partial charge in [-0.2, -0.15) is 0 Å². The Morgan fingerprint density at radius 2 is 2.05 bits per heavy atom. The highest BCUT2D eigenvalue weighted by Gasteiger charge is 2.16. The number of carbonyl (C=O) groups excluding carboxylic acids is 1. The van der Waals surface area contributed by atoms with Gasteiger partial charge in [0.15, 0.2) is 0 Å². The van der Waals surface area contributed by atoms with Crippen LogP contribution in [0, 0.1) is 5.92 Å². The first-order chi connectivity index (χ1) is 9.72. The summed E-state index contributed by atoms with van der Waals surface area (Å²) in [5, 5.41) is 5.19. The number of ether oxygens (including phenoxy) is 1. The van der Waals surface area contributed by atoms with Crippen LogP contribution in [0.4, 0.5) is 0 Å². The summed E-state index contributed by atoms with van der Waals surface area (Å²) in [6, 6.07) is 11.8. The van der Waals surface area contributed by atoms with E-state index in [0.717, 1.165) is 34.9 Å². The molecule has 0 aliphatic carbocycles. The maximum Gasteiger partial charge on any atom is 0.251 e. The maximum atomic E-state index is 12.2. The molecular formula is C16H16BrNO2. The minimum absolute atomic E-state index is 0.0123. The van der Waals surface area contributed by atoms with Gasteiger partial charge in [-0.25, -0.2) is 0 Å². The minimum Gasteiger partial charge on any atom is -0.381 e. The maximum absolute atomic E-state index is 12.2. The first-order valence-electron chi connectivity index (χ1n) is 6.77. The van der Waals surface area contributed by atoms with Crippen molar-refractivity contribution in [3.05, 3.63) is 46.4 Å². The van der Waals surface area contributed by atoms with Crippen molar-refractivity contribution < 1.29 is 9.53 Å². The first-order valence-corrected chi connectivity index (χ1v) is 7.57. The normalized spacial score (nSPS) is 18.4. The van der Waals surface area contributed by atoms with E-state index in [1.54, 1.807) is 0 Å². The van der Waals surface area contributed by atoms with E-state index in [9.17, 15) is 4.79 Å². The molecule has 2 aromatic rings. The topological polar surface area (TPSA) is 38.3 Å². The van der Waals surface area contributed by atoms with E-state index in [4.69, 9.17) is 4.74 Å². The molecule has 1 atom stereocenters. The number of rotatable bonds is 3. The Balaban J connectivity index is 1.72. The highest BCUT2D eigenvalue weighted by Crippen LogP contribution is 2.21. The van der Waals surface area contributed by atoms with Crippen molar-refractivity contribution in [2.24, 2.45) is 5.92 Å². The number of nitrogens with one attached hydrogen (secondary N) is 1. The standard InChI is InChI=1S/C16H16BrNO2/c17-15-4-3-12-7-14(2-1-13(12)8-15)16(19)18-9-11-5-6-20-10-11/h1-4,7-8,11H,5-6,9-10H2,(H,18,19). The summed E-state index contributed by atoms with van der Waals surface area (Å²) in [5.41, 5.74) is 0.707. The van der Waals surface area contributed by atoms with Gasteiger partial charge in [-0.1, -0.05) is 28.1 Å². The summed E-state index contributed by atoms with van der Waals surface area (Å²) in [6.07, 6.45) is 1.03. The molecule has 1 heterocycles. The fourth-order valence-electron chi connectivity index (χ4n) is 2.44. The molecule has 1 aliphatic rings. The minimum atomic E-state index is -0.0123. The van der Waals surface area contributed by atoms with Gasteiger partial charge in [0.25, 0.3) is 5.91 Å². The fourth-order valence-corrected chi connectivity index (χ4v) is 2.82. The Bertz CT molecular complexity index is 635. The van der Waals surface area contributed by atoms with Crippen molar-refractivity contribution in [3.8, 4) is 0 Å². The van der Waals surface area contributed by atoms with Crippen LogP contribution >= 0.6 is 15.9 Å². The smallest absolute Gasteiger partial charge is 0.251 e. The van der Waals surface area contributed by atoms with Crippen LogP contribution in [0.3, 0.4) is 0 Å². The molecule has 1 fully saturated rings. The number of halogens is 1. The lowest BCUT2D eigenvalue weighted by molar-refractivity contribution is 0.0945. The molecule has 1 N–H and O–H groups in total. The molecule has 0 bridgehead atoms. The lowest BCUT2D eigenvalue weighted by Gasteiger charge is -2.10. The number of hydrogen-bond donors (Lipinski definition) is 1. The molecule has 1 unspecified atom stereocenters. The zero-order valence-electron chi connectivity index (χ0n) is 11.1. The zero-order valence-corrected chi connectivity index (χ0v) is 12.7. The molecule has 20 heavy (non-hydrogen) atoms. The Labute approximate surface area is 126 Å². The van der Waals surface area contributed by atoms with Gasteiger partial charge >= 0.3 is 0 Å². The van der Waals surface area contributed by atoms with Gasteiger partial charge in [0.05, 0.1) is 6.61 Å². The van der Waals surface area contributed by atoms with Gasteiger partial charge in [0.2, 0.25) is 0 Å². The highest BCUT2D eigenvalue weighted by molar-refractivity contribution is 9.10. The number of benzene rings is 2. The summed E-state index contributed by atoms with van der Waals surface area (Å²) in [4.78, 5) is 12.2. The second-order valence-corrected chi connectivity index (χ2v) is 6.06. The Kier molecular flexibility index (Phi) is 4.03. The van der Waals surface area contributed by atoms with Crippen LogP contribution in [0.5, 0.6) is 0 Å².